The van der Waals surface area contributed by atoms with Crippen molar-refractivity contribution in [2.24, 2.45) is 5.41 Å². The predicted molar refractivity (Wildman–Crippen MR) is 198 cm³/mol. The Morgan fingerprint density at radius 1 is 0.673 bits per heavy atom. The largest absolute Gasteiger partial charge is 0.500 e. The number of aromatic nitrogens is 3. The van der Waals surface area contributed by atoms with Gasteiger partial charge in [0.05, 0.1) is 5.58 Å². The first-order chi connectivity index (χ1) is 23.2. The van der Waals surface area contributed by atoms with Crippen LogP contribution in [-0.4, -0.2) is 15.0 Å². The van der Waals surface area contributed by atoms with E-state index in [1.807, 2.05) is 48.9 Å². The Bertz CT molecular complexity index is 2350. The summed E-state index contributed by atoms with van der Waals surface area (Å²) in [5.41, 5.74) is 11.7. The fourth-order valence-corrected chi connectivity index (χ4v) is 6.21. The molecule has 0 fully saturated rings. The van der Waals surface area contributed by atoms with Crippen LogP contribution in [-0.2, 0) is 26.5 Å². The molecule has 0 aliphatic carbocycles. The summed E-state index contributed by atoms with van der Waals surface area (Å²) >= 11 is 0. The predicted octanol–water partition coefficient (Wildman–Crippen LogP) is 11.4. The smallest absolute Gasteiger partial charge is 0.128 e. The molecule has 0 amide bonds. The van der Waals surface area contributed by atoms with Gasteiger partial charge in [-0.2, -0.15) is 0 Å². The molecule has 0 spiro atoms. The van der Waals surface area contributed by atoms with Crippen molar-refractivity contribution in [3.63, 3.8) is 0 Å². The number of hydrogen-bond donors (Lipinski definition) is 0. The first kappa shape index (κ1) is 33.9. The van der Waals surface area contributed by atoms with Gasteiger partial charge in [-0.05, 0) is 64.4 Å². The molecule has 8 aromatic rings. The van der Waals surface area contributed by atoms with Gasteiger partial charge in [-0.1, -0.05) is 93.2 Å². The maximum Gasteiger partial charge on any atom is 0.128 e. The van der Waals surface area contributed by atoms with Crippen molar-refractivity contribution in [2.45, 2.75) is 41.0 Å². The second kappa shape index (κ2) is 14.3. The summed E-state index contributed by atoms with van der Waals surface area (Å²) < 4.78 is 6.52. The van der Waals surface area contributed by atoms with Gasteiger partial charge in [-0.25, -0.2) is 0 Å². The van der Waals surface area contributed by atoms with Crippen LogP contribution in [0.15, 0.2) is 126 Å². The van der Waals surface area contributed by atoms with Crippen molar-refractivity contribution >= 4 is 32.7 Å². The summed E-state index contributed by atoms with van der Waals surface area (Å²) in [6.07, 6.45) is 8.59. The van der Waals surface area contributed by atoms with Gasteiger partial charge >= 0.3 is 0 Å². The van der Waals surface area contributed by atoms with Crippen molar-refractivity contribution in [2.75, 3.05) is 0 Å². The third-order valence-electron chi connectivity index (χ3n) is 8.37. The van der Waals surface area contributed by atoms with E-state index < -0.39 is 0 Å². The van der Waals surface area contributed by atoms with Crippen LogP contribution in [0, 0.1) is 31.4 Å². The van der Waals surface area contributed by atoms with Crippen LogP contribution in [0.2, 0.25) is 0 Å². The van der Waals surface area contributed by atoms with Gasteiger partial charge in [0.2, 0.25) is 0 Å². The van der Waals surface area contributed by atoms with Crippen LogP contribution in [0.1, 0.15) is 37.5 Å². The molecule has 0 saturated carbocycles. The van der Waals surface area contributed by atoms with E-state index in [1.165, 1.54) is 22.1 Å². The van der Waals surface area contributed by atoms with E-state index in [2.05, 4.69) is 128 Å². The molecule has 0 saturated heterocycles. The number of hydrogen-bond acceptors (Lipinski definition) is 4. The Morgan fingerprint density at radius 2 is 1.53 bits per heavy atom. The normalized spacial score (nSPS) is 11.3. The Balaban J connectivity index is 0.000000189. The minimum absolute atomic E-state index is 0. The van der Waals surface area contributed by atoms with Crippen LogP contribution >= 0.6 is 0 Å². The van der Waals surface area contributed by atoms with E-state index >= 15 is 0 Å². The van der Waals surface area contributed by atoms with E-state index in [0.717, 1.165) is 67.4 Å². The minimum atomic E-state index is 0. The van der Waals surface area contributed by atoms with Crippen LogP contribution in [0.25, 0.3) is 66.4 Å². The summed E-state index contributed by atoms with van der Waals surface area (Å²) in [5.74, 6) is 0. The molecule has 245 valence electrons. The maximum atomic E-state index is 6.52. The number of para-hydroxylation sites is 1. The van der Waals surface area contributed by atoms with Gasteiger partial charge in [0.25, 0.3) is 0 Å². The van der Waals surface area contributed by atoms with E-state index in [1.54, 1.807) is 6.20 Å². The first-order valence-corrected chi connectivity index (χ1v) is 16.3. The van der Waals surface area contributed by atoms with Crippen molar-refractivity contribution < 1.29 is 24.5 Å². The molecular weight excluding hydrogens is 779 g/mol. The van der Waals surface area contributed by atoms with Gasteiger partial charge in [-0.3, -0.25) is 4.98 Å². The molecule has 1 radical (unpaired) electrons. The van der Waals surface area contributed by atoms with Crippen LogP contribution in [0.5, 0.6) is 0 Å². The fraction of sp³-hybridized carbons (Fsp3) is 0.159. The van der Waals surface area contributed by atoms with Crippen molar-refractivity contribution in [1.82, 2.24) is 15.0 Å². The second-order valence-electron chi connectivity index (χ2n) is 13.6. The number of benzene rings is 4. The Kier molecular flexibility index (Phi) is 9.87. The van der Waals surface area contributed by atoms with Gasteiger partial charge in [0, 0.05) is 61.2 Å². The van der Waals surface area contributed by atoms with E-state index in [-0.39, 0.29) is 20.1 Å². The zero-order valence-electron chi connectivity index (χ0n) is 28.3. The quantitative estimate of drug-likeness (QED) is 0.166. The zero-order chi connectivity index (χ0) is 33.3. The molecule has 0 unspecified atom stereocenters. The summed E-state index contributed by atoms with van der Waals surface area (Å²) in [6.45, 7) is 10.9. The minimum Gasteiger partial charge on any atom is -0.500 e. The molecule has 8 rings (SSSR count). The monoisotopic (exact) mass is 816 g/mol. The molecule has 4 nitrogen and oxygen atoms in total. The Morgan fingerprint density at radius 3 is 2.27 bits per heavy atom. The molecule has 0 bridgehead atoms. The number of aryl methyl sites for hydroxylation is 2. The van der Waals surface area contributed by atoms with Gasteiger partial charge in [-0.15, -0.1) is 53.6 Å². The molecule has 0 atom stereocenters. The Hall–Kier alpha value is -4.96. The topological polar surface area (TPSA) is 51.8 Å². The first-order valence-electron chi connectivity index (χ1n) is 16.3. The SMILES string of the molecule is Cc1c[c-]c(-c2ccc(CC(C)(C)C)cn2)cc1.Cc1cc(-c2cccc3c2oc2c(-c4ccccn4)[c-]ccc23)c2cnccc2c1.[Ir]. The molecular formula is C44H37IrN3O-2. The average Bonchev–Trinajstić information content (AvgIpc) is 3.48. The number of pyridine rings is 3. The number of fused-ring (bicyclic) bond motifs is 4. The molecule has 5 heteroatoms. The van der Waals surface area contributed by atoms with Crippen LogP contribution < -0.4 is 0 Å². The van der Waals surface area contributed by atoms with E-state index in [9.17, 15) is 0 Å². The van der Waals surface area contributed by atoms with Crippen molar-refractivity contribution in [1.29, 1.82) is 0 Å². The third kappa shape index (κ3) is 7.39. The van der Waals surface area contributed by atoms with E-state index in [4.69, 9.17) is 4.42 Å². The standard InChI is InChI=1S/C27H17N2O.C17H20N.Ir/c1-17-14-18-11-13-28-16-24(18)23(15-17)21-8-4-6-19-20-7-5-9-22(27(20)30-26(19)21)25-10-2-3-12-29-25;1-13-5-8-15(9-6-13)16-10-7-14(12-18-16)11-17(2,3)4;/h2-8,10-16H,1H3;5-8,10,12H,11H2,1-4H3;/q2*-1;. The molecule has 0 aliphatic rings. The molecule has 0 aliphatic heterocycles. The Labute approximate surface area is 301 Å². The van der Waals surface area contributed by atoms with Crippen LogP contribution in [0.4, 0.5) is 0 Å². The van der Waals surface area contributed by atoms with Gasteiger partial charge in [0.1, 0.15) is 5.58 Å². The van der Waals surface area contributed by atoms with E-state index in [0.29, 0.717) is 5.41 Å². The molecule has 49 heavy (non-hydrogen) atoms. The van der Waals surface area contributed by atoms with Crippen molar-refractivity contribution in [3.05, 3.63) is 151 Å². The summed E-state index contributed by atoms with van der Waals surface area (Å²) in [5, 5.41) is 4.46. The number of furan rings is 1. The number of rotatable bonds is 4. The molecule has 4 heterocycles. The summed E-state index contributed by atoms with van der Waals surface area (Å²) in [4.78, 5) is 13.4. The summed E-state index contributed by atoms with van der Waals surface area (Å²) in [7, 11) is 0. The zero-order valence-corrected chi connectivity index (χ0v) is 30.7. The average molecular weight is 816 g/mol. The fourth-order valence-electron chi connectivity index (χ4n) is 6.21. The maximum absolute atomic E-state index is 6.52. The third-order valence-corrected chi connectivity index (χ3v) is 8.37. The van der Waals surface area contributed by atoms with Crippen molar-refractivity contribution in [3.8, 4) is 33.6 Å². The molecule has 4 aromatic carbocycles. The van der Waals surface area contributed by atoms with Gasteiger partial charge < -0.3 is 14.4 Å². The second-order valence-corrected chi connectivity index (χ2v) is 13.6. The van der Waals surface area contributed by atoms with Crippen LogP contribution in [0.3, 0.4) is 0 Å². The number of nitrogens with zero attached hydrogens (tertiary/aromatic N) is 3. The molecule has 0 N–H and O–H groups in total. The van der Waals surface area contributed by atoms with Gasteiger partial charge in [0.15, 0.2) is 0 Å². The summed E-state index contributed by atoms with van der Waals surface area (Å²) in [6, 6.07) is 39.7. The molecule has 4 aromatic heterocycles.